The molecule has 4 N–H and O–H groups in total. The Hall–Kier alpha value is -3.66. The van der Waals surface area contributed by atoms with Crippen LogP contribution in [0.5, 0.6) is 11.5 Å². The van der Waals surface area contributed by atoms with Gasteiger partial charge in [-0.25, -0.2) is 9.37 Å². The average molecular weight is 509 g/mol. The summed E-state index contributed by atoms with van der Waals surface area (Å²) in [5.74, 6) is -0.145. The minimum absolute atomic E-state index is 0.0353. The molecule has 0 radical (unpaired) electrons. The molecule has 1 amide bonds. The third-order valence-electron chi connectivity index (χ3n) is 7.71. The molecule has 3 unspecified atom stereocenters. The molecule has 0 spiro atoms. The largest absolute Gasteiger partial charge is 0.493 e. The lowest BCUT2D eigenvalue weighted by Crippen LogP contribution is -2.57. The molecule has 37 heavy (non-hydrogen) atoms. The summed E-state index contributed by atoms with van der Waals surface area (Å²) >= 11 is 0. The highest BCUT2D eigenvalue weighted by Crippen LogP contribution is 2.38. The molecule has 3 atom stereocenters. The maximum Gasteiger partial charge on any atom is 0.228 e. The van der Waals surface area contributed by atoms with Crippen molar-refractivity contribution in [3.8, 4) is 11.5 Å². The van der Waals surface area contributed by atoms with Crippen LogP contribution in [0.4, 0.5) is 16.2 Å². The van der Waals surface area contributed by atoms with Crippen molar-refractivity contribution in [1.82, 2.24) is 14.9 Å². The molecule has 1 saturated heterocycles. The second kappa shape index (κ2) is 10.0. The zero-order valence-electron chi connectivity index (χ0n) is 21.4. The summed E-state index contributed by atoms with van der Waals surface area (Å²) in [5, 5.41) is 0.354. The summed E-state index contributed by atoms with van der Waals surface area (Å²) in [6.45, 7) is 3.56. The average Bonchev–Trinajstić information content (AvgIpc) is 2.92. The number of carbonyl (C=O) groups excluding carboxylic acids is 1. The molecule has 3 aromatic rings. The Bertz CT molecular complexity index is 1340. The first-order valence-electron chi connectivity index (χ1n) is 12.6. The molecular weight excluding hydrogens is 475 g/mol. The number of aromatic nitrogens is 2. The number of halogens is 1. The van der Waals surface area contributed by atoms with E-state index in [0.717, 1.165) is 24.8 Å². The van der Waals surface area contributed by atoms with E-state index in [-0.39, 0.29) is 46.7 Å². The van der Waals surface area contributed by atoms with Crippen LogP contribution in [0.2, 0.25) is 0 Å². The van der Waals surface area contributed by atoms with E-state index < -0.39 is 5.82 Å². The number of fused-ring (bicyclic) bond motifs is 2. The standard InChI is InChI=1S/C27H33FN6O3/c1-4-16-14-33(26(35)18-10-9-15-7-5-6-8-17(15)22(18)29)11-12-34(16)27-31-23-19(25(30)32-27)13-20(36-2)24(37-3)21(23)28/h5-8,13,16,18,22H,4,9-12,14,29H2,1-3H3,(H2,30,31,32). The highest BCUT2D eigenvalue weighted by Gasteiger charge is 2.38. The Morgan fingerprint density at radius 2 is 1.97 bits per heavy atom. The van der Waals surface area contributed by atoms with Crippen LogP contribution in [0.1, 0.15) is 36.9 Å². The van der Waals surface area contributed by atoms with E-state index in [1.807, 2.05) is 34.9 Å². The van der Waals surface area contributed by atoms with E-state index in [1.165, 1.54) is 19.8 Å². The first kappa shape index (κ1) is 25.0. The molecule has 2 heterocycles. The van der Waals surface area contributed by atoms with Gasteiger partial charge < -0.3 is 30.7 Å². The summed E-state index contributed by atoms with van der Waals surface area (Å²) < 4.78 is 25.7. The van der Waals surface area contributed by atoms with Crippen LogP contribution >= 0.6 is 0 Å². The summed E-state index contributed by atoms with van der Waals surface area (Å²) in [6.07, 6.45) is 2.34. The molecule has 0 saturated carbocycles. The van der Waals surface area contributed by atoms with Crippen molar-refractivity contribution in [3.05, 3.63) is 47.3 Å². The Kier molecular flexibility index (Phi) is 6.76. The highest BCUT2D eigenvalue weighted by atomic mass is 19.1. The van der Waals surface area contributed by atoms with Crippen LogP contribution in [0.15, 0.2) is 30.3 Å². The minimum Gasteiger partial charge on any atom is -0.493 e. The van der Waals surface area contributed by atoms with E-state index in [1.54, 1.807) is 6.07 Å². The fourth-order valence-corrected chi connectivity index (χ4v) is 5.64. The third-order valence-corrected chi connectivity index (χ3v) is 7.71. The van der Waals surface area contributed by atoms with Gasteiger partial charge in [0.2, 0.25) is 11.9 Å². The molecular formula is C27H33FN6O3. The van der Waals surface area contributed by atoms with E-state index in [4.69, 9.17) is 20.9 Å². The number of carbonyl (C=O) groups is 1. The van der Waals surface area contributed by atoms with Gasteiger partial charge in [-0.3, -0.25) is 4.79 Å². The Morgan fingerprint density at radius 1 is 1.19 bits per heavy atom. The van der Waals surface area contributed by atoms with Gasteiger partial charge in [0.05, 0.1) is 20.1 Å². The van der Waals surface area contributed by atoms with Crippen molar-refractivity contribution in [2.45, 2.75) is 38.3 Å². The SMILES string of the molecule is CCC1CN(C(=O)C2CCc3ccccc3C2N)CCN1c1nc(N)c2cc(OC)c(OC)c(F)c2n1. The van der Waals surface area contributed by atoms with Crippen molar-refractivity contribution in [3.63, 3.8) is 0 Å². The molecule has 5 rings (SSSR count). The number of amides is 1. The van der Waals surface area contributed by atoms with Crippen molar-refractivity contribution in [2.24, 2.45) is 11.7 Å². The van der Waals surface area contributed by atoms with Gasteiger partial charge in [-0.1, -0.05) is 31.2 Å². The molecule has 2 aliphatic rings. The molecule has 10 heteroatoms. The molecule has 1 aliphatic carbocycles. The van der Waals surface area contributed by atoms with Crippen LogP contribution in [0.3, 0.4) is 0 Å². The van der Waals surface area contributed by atoms with Crippen molar-refractivity contribution >= 4 is 28.6 Å². The molecule has 2 aromatic carbocycles. The number of nitrogens with two attached hydrogens (primary N) is 2. The van der Waals surface area contributed by atoms with Crippen LogP contribution in [-0.2, 0) is 11.2 Å². The molecule has 9 nitrogen and oxygen atoms in total. The van der Waals surface area contributed by atoms with Crippen molar-refractivity contribution < 1.29 is 18.7 Å². The number of nitrogen functional groups attached to an aromatic ring is 1. The van der Waals surface area contributed by atoms with Gasteiger partial charge in [0, 0.05) is 37.1 Å². The molecule has 0 bridgehead atoms. The summed E-state index contributed by atoms with van der Waals surface area (Å²) in [4.78, 5) is 26.5. The lowest BCUT2D eigenvalue weighted by molar-refractivity contribution is -0.137. The number of nitrogens with zero attached hydrogens (tertiary/aromatic N) is 4. The smallest absolute Gasteiger partial charge is 0.228 e. The summed E-state index contributed by atoms with van der Waals surface area (Å²) in [6, 6.07) is 9.32. The maximum absolute atomic E-state index is 15.3. The van der Waals surface area contributed by atoms with Gasteiger partial charge in [-0.05, 0) is 36.5 Å². The number of benzene rings is 2. The number of piperazine rings is 1. The number of hydrogen-bond donors (Lipinski definition) is 2. The minimum atomic E-state index is -0.652. The van der Waals surface area contributed by atoms with Crippen molar-refractivity contribution in [2.75, 3.05) is 44.5 Å². The number of aryl methyl sites for hydroxylation is 1. The van der Waals surface area contributed by atoms with Gasteiger partial charge >= 0.3 is 0 Å². The first-order valence-corrected chi connectivity index (χ1v) is 12.6. The highest BCUT2D eigenvalue weighted by molar-refractivity contribution is 5.92. The quantitative estimate of drug-likeness (QED) is 0.540. The van der Waals surface area contributed by atoms with Gasteiger partial charge in [-0.15, -0.1) is 0 Å². The summed E-state index contributed by atoms with van der Waals surface area (Å²) in [7, 11) is 2.80. The van der Waals surface area contributed by atoms with E-state index in [0.29, 0.717) is 31.0 Å². The summed E-state index contributed by atoms with van der Waals surface area (Å²) in [5.41, 5.74) is 15.2. The molecule has 196 valence electrons. The monoisotopic (exact) mass is 508 g/mol. The number of ether oxygens (including phenoxy) is 2. The Morgan fingerprint density at radius 3 is 2.70 bits per heavy atom. The Labute approximate surface area is 215 Å². The fourth-order valence-electron chi connectivity index (χ4n) is 5.64. The van der Waals surface area contributed by atoms with Gasteiger partial charge in [-0.2, -0.15) is 4.98 Å². The van der Waals surface area contributed by atoms with E-state index in [9.17, 15) is 4.79 Å². The zero-order chi connectivity index (χ0) is 26.3. The van der Waals surface area contributed by atoms with E-state index >= 15 is 4.39 Å². The van der Waals surface area contributed by atoms with Gasteiger partial charge in [0.15, 0.2) is 17.3 Å². The second-order valence-corrected chi connectivity index (χ2v) is 9.64. The zero-order valence-corrected chi connectivity index (χ0v) is 21.4. The molecule has 1 aromatic heterocycles. The lowest BCUT2D eigenvalue weighted by Gasteiger charge is -2.43. The number of anilines is 2. The maximum atomic E-state index is 15.3. The van der Waals surface area contributed by atoms with E-state index in [2.05, 4.69) is 16.0 Å². The third kappa shape index (κ3) is 4.29. The second-order valence-electron chi connectivity index (χ2n) is 9.64. The topological polar surface area (TPSA) is 120 Å². The number of methoxy groups -OCH3 is 2. The van der Waals surface area contributed by atoms with Gasteiger partial charge in [0.25, 0.3) is 0 Å². The van der Waals surface area contributed by atoms with Crippen LogP contribution in [0, 0.1) is 11.7 Å². The predicted molar refractivity (Wildman–Crippen MR) is 140 cm³/mol. The molecule has 1 fully saturated rings. The normalized spacial score (nSPS) is 21.6. The Balaban J connectivity index is 1.39. The number of rotatable bonds is 5. The van der Waals surface area contributed by atoms with Crippen molar-refractivity contribution in [1.29, 1.82) is 0 Å². The van der Waals surface area contributed by atoms with Crippen LogP contribution in [-0.4, -0.2) is 60.7 Å². The molecule has 1 aliphatic heterocycles. The number of hydrogen-bond acceptors (Lipinski definition) is 8. The van der Waals surface area contributed by atoms with Crippen LogP contribution in [0.25, 0.3) is 10.9 Å². The van der Waals surface area contributed by atoms with Gasteiger partial charge in [0.1, 0.15) is 11.3 Å². The first-order chi connectivity index (χ1) is 17.9. The lowest BCUT2D eigenvalue weighted by atomic mass is 9.79. The van der Waals surface area contributed by atoms with Crippen LogP contribution < -0.4 is 25.8 Å². The fraction of sp³-hybridized carbons (Fsp3) is 0.444. The predicted octanol–water partition coefficient (Wildman–Crippen LogP) is 3.06.